The number of rotatable bonds is 3. The molecule has 0 fully saturated rings. The molecule has 1 aromatic heterocycles. The Balaban J connectivity index is 2.39. The molecule has 0 N–H and O–H groups in total. The fraction of sp³-hybridized carbons (Fsp3) is 0.167. The Labute approximate surface area is 126 Å². The molecule has 2 rings (SSSR count). The van der Waals surface area contributed by atoms with E-state index >= 15 is 0 Å². The van der Waals surface area contributed by atoms with Gasteiger partial charge in [-0.3, -0.25) is 0 Å². The SMILES string of the molecule is COc1ccccc1C(Br)c1cc(Br)c(Cl)s1. The number of thiophene rings is 1. The maximum atomic E-state index is 6.05. The highest BCUT2D eigenvalue weighted by molar-refractivity contribution is 9.10. The summed E-state index contributed by atoms with van der Waals surface area (Å²) >= 11 is 14.7. The van der Waals surface area contributed by atoms with E-state index in [1.165, 1.54) is 0 Å². The van der Waals surface area contributed by atoms with Gasteiger partial charge < -0.3 is 4.74 Å². The van der Waals surface area contributed by atoms with E-state index < -0.39 is 0 Å². The highest BCUT2D eigenvalue weighted by Crippen LogP contribution is 2.43. The van der Waals surface area contributed by atoms with Crippen molar-refractivity contribution in [2.24, 2.45) is 0 Å². The maximum Gasteiger partial charge on any atom is 0.123 e. The molecular formula is C12H9Br2ClOS. The summed E-state index contributed by atoms with van der Waals surface area (Å²) in [5, 5.41) is 0. The van der Waals surface area contributed by atoms with Crippen molar-refractivity contribution in [1.29, 1.82) is 0 Å². The lowest BCUT2D eigenvalue weighted by Crippen LogP contribution is -1.94. The first-order valence-corrected chi connectivity index (χ1v) is 7.75. The molecule has 0 aliphatic heterocycles. The molecule has 17 heavy (non-hydrogen) atoms. The van der Waals surface area contributed by atoms with E-state index in [0.29, 0.717) is 0 Å². The standard InChI is InChI=1S/C12H9Br2ClOS/c1-16-9-5-3-2-4-7(9)11(14)10-6-8(13)12(15)17-10/h2-6,11H,1H3. The maximum absolute atomic E-state index is 6.05. The fourth-order valence-corrected chi connectivity index (χ4v) is 4.04. The summed E-state index contributed by atoms with van der Waals surface area (Å²) in [4.78, 5) is 1.24. The topological polar surface area (TPSA) is 9.23 Å². The number of alkyl halides is 1. The van der Waals surface area contributed by atoms with Crippen LogP contribution in [0, 0.1) is 0 Å². The molecule has 1 aromatic carbocycles. The lowest BCUT2D eigenvalue weighted by molar-refractivity contribution is 0.410. The van der Waals surface area contributed by atoms with Gasteiger partial charge in [-0.05, 0) is 28.1 Å². The van der Waals surface area contributed by atoms with Gasteiger partial charge in [0.15, 0.2) is 0 Å². The molecule has 5 heteroatoms. The van der Waals surface area contributed by atoms with E-state index in [1.54, 1.807) is 18.4 Å². The minimum Gasteiger partial charge on any atom is -0.496 e. The minimum atomic E-state index is 0.0902. The summed E-state index contributed by atoms with van der Waals surface area (Å²) in [7, 11) is 1.68. The second-order valence-electron chi connectivity index (χ2n) is 3.37. The van der Waals surface area contributed by atoms with Crippen LogP contribution in [0.15, 0.2) is 34.8 Å². The van der Waals surface area contributed by atoms with Crippen LogP contribution in [0.5, 0.6) is 5.75 Å². The lowest BCUT2D eigenvalue weighted by Gasteiger charge is -2.12. The molecule has 0 bridgehead atoms. The van der Waals surface area contributed by atoms with Gasteiger partial charge in [0.05, 0.1) is 11.9 Å². The smallest absolute Gasteiger partial charge is 0.123 e. The summed E-state index contributed by atoms with van der Waals surface area (Å²) in [5.41, 5.74) is 1.10. The largest absolute Gasteiger partial charge is 0.496 e. The fourth-order valence-electron chi connectivity index (χ4n) is 1.52. The van der Waals surface area contributed by atoms with Crippen LogP contribution in [0.4, 0.5) is 0 Å². The Hall–Kier alpha value is -0.0300. The van der Waals surface area contributed by atoms with Crippen LogP contribution in [0.1, 0.15) is 15.3 Å². The van der Waals surface area contributed by atoms with Crippen molar-refractivity contribution in [3.8, 4) is 5.75 Å². The van der Waals surface area contributed by atoms with Crippen LogP contribution >= 0.6 is 54.8 Å². The molecule has 0 saturated heterocycles. The van der Waals surface area contributed by atoms with Gasteiger partial charge in [-0.2, -0.15) is 0 Å². The van der Waals surface area contributed by atoms with Crippen molar-refractivity contribution < 1.29 is 4.74 Å². The normalized spacial score (nSPS) is 12.5. The Morgan fingerprint density at radius 2 is 2.06 bits per heavy atom. The molecule has 0 aliphatic carbocycles. The van der Waals surface area contributed by atoms with Gasteiger partial charge in [0.1, 0.15) is 10.1 Å². The van der Waals surface area contributed by atoms with Crippen LogP contribution in [-0.4, -0.2) is 7.11 Å². The van der Waals surface area contributed by atoms with Crippen LogP contribution in [-0.2, 0) is 0 Å². The van der Waals surface area contributed by atoms with E-state index in [2.05, 4.69) is 31.9 Å². The predicted octanol–water partition coefficient (Wildman–Crippen LogP) is 5.66. The number of benzene rings is 1. The van der Waals surface area contributed by atoms with Crippen LogP contribution in [0.3, 0.4) is 0 Å². The summed E-state index contributed by atoms with van der Waals surface area (Å²) in [5.74, 6) is 0.870. The first-order chi connectivity index (χ1) is 8.13. The molecule has 90 valence electrons. The van der Waals surface area contributed by atoms with Gasteiger partial charge in [-0.15, -0.1) is 11.3 Å². The number of para-hydroxylation sites is 1. The Morgan fingerprint density at radius 1 is 1.35 bits per heavy atom. The molecule has 1 unspecified atom stereocenters. The number of methoxy groups -OCH3 is 1. The monoisotopic (exact) mass is 394 g/mol. The highest BCUT2D eigenvalue weighted by atomic mass is 79.9. The summed E-state index contributed by atoms with van der Waals surface area (Å²) < 4.78 is 7.05. The lowest BCUT2D eigenvalue weighted by atomic mass is 10.1. The zero-order chi connectivity index (χ0) is 12.4. The second kappa shape index (κ2) is 5.74. The van der Waals surface area contributed by atoms with Gasteiger partial charge in [0, 0.05) is 14.9 Å². The first-order valence-electron chi connectivity index (χ1n) is 4.85. The van der Waals surface area contributed by atoms with Gasteiger partial charge in [0.25, 0.3) is 0 Å². The third kappa shape index (κ3) is 2.87. The predicted molar refractivity (Wildman–Crippen MR) is 80.8 cm³/mol. The number of hydrogen-bond acceptors (Lipinski definition) is 2. The van der Waals surface area contributed by atoms with Crippen molar-refractivity contribution in [2.75, 3.05) is 7.11 Å². The van der Waals surface area contributed by atoms with E-state index in [0.717, 1.165) is 25.0 Å². The molecule has 0 saturated carbocycles. The zero-order valence-electron chi connectivity index (χ0n) is 8.91. The van der Waals surface area contributed by atoms with Gasteiger partial charge in [0.2, 0.25) is 0 Å². The molecule has 0 spiro atoms. The summed E-state index contributed by atoms with van der Waals surface area (Å²) in [6, 6.07) is 9.97. The molecule has 0 aliphatic rings. The quantitative estimate of drug-likeness (QED) is 0.609. The molecule has 2 aromatic rings. The van der Waals surface area contributed by atoms with Crippen molar-refractivity contribution in [3.05, 3.63) is 49.6 Å². The average Bonchev–Trinajstić information content (AvgIpc) is 2.68. The van der Waals surface area contributed by atoms with Gasteiger partial charge in [-0.1, -0.05) is 45.7 Å². The highest BCUT2D eigenvalue weighted by Gasteiger charge is 2.18. The molecule has 1 heterocycles. The Kier molecular flexibility index (Phi) is 4.53. The third-order valence-electron chi connectivity index (χ3n) is 2.33. The zero-order valence-corrected chi connectivity index (χ0v) is 13.7. The van der Waals surface area contributed by atoms with Crippen LogP contribution < -0.4 is 4.74 Å². The summed E-state index contributed by atoms with van der Waals surface area (Å²) in [6.45, 7) is 0. The molecule has 1 atom stereocenters. The van der Waals surface area contributed by atoms with Crippen molar-refractivity contribution in [1.82, 2.24) is 0 Å². The van der Waals surface area contributed by atoms with E-state index in [1.807, 2.05) is 30.3 Å². The van der Waals surface area contributed by atoms with Gasteiger partial charge >= 0.3 is 0 Å². The van der Waals surface area contributed by atoms with E-state index in [9.17, 15) is 0 Å². The van der Waals surface area contributed by atoms with E-state index in [-0.39, 0.29) is 4.83 Å². The molecule has 1 nitrogen and oxygen atoms in total. The van der Waals surface area contributed by atoms with Crippen molar-refractivity contribution in [2.45, 2.75) is 4.83 Å². The van der Waals surface area contributed by atoms with Crippen LogP contribution in [0.2, 0.25) is 4.34 Å². The Bertz CT molecular complexity index is 507. The first kappa shape index (κ1) is 13.4. The minimum absolute atomic E-state index is 0.0902. The van der Waals surface area contributed by atoms with Gasteiger partial charge in [-0.25, -0.2) is 0 Å². The number of halogens is 3. The second-order valence-corrected chi connectivity index (χ2v) is 6.83. The van der Waals surface area contributed by atoms with Crippen LogP contribution in [0.25, 0.3) is 0 Å². The molecular weight excluding hydrogens is 387 g/mol. The van der Waals surface area contributed by atoms with Crippen molar-refractivity contribution in [3.63, 3.8) is 0 Å². The summed E-state index contributed by atoms with van der Waals surface area (Å²) in [6.07, 6.45) is 0. The Morgan fingerprint density at radius 3 is 2.65 bits per heavy atom. The van der Waals surface area contributed by atoms with Crippen molar-refractivity contribution >= 4 is 54.8 Å². The molecule has 0 amide bonds. The average molecular weight is 397 g/mol. The third-order valence-corrected chi connectivity index (χ3v) is 6.16. The van der Waals surface area contributed by atoms with E-state index in [4.69, 9.17) is 16.3 Å². The number of hydrogen-bond donors (Lipinski definition) is 0. The molecule has 0 radical (unpaired) electrons. The number of ether oxygens (including phenoxy) is 1.